The largest absolute Gasteiger partial charge is 0.324 e. The summed E-state index contributed by atoms with van der Waals surface area (Å²) in [5, 5.41) is 3.26. The maximum absolute atomic E-state index is 6.81. The fourth-order valence-electron chi connectivity index (χ4n) is 5.75. The molecule has 44 heavy (non-hydrogen) atoms. The number of H-pyrrole nitrogens is 2. The van der Waals surface area contributed by atoms with Crippen LogP contribution in [0.4, 0.5) is 0 Å². The topological polar surface area (TPSA) is 109 Å². The normalized spacial score (nSPS) is 12.1. The van der Waals surface area contributed by atoms with E-state index >= 15 is 0 Å². The molecule has 0 fully saturated rings. The molecule has 12 heteroatoms. The number of rotatable bonds is 0. The summed E-state index contributed by atoms with van der Waals surface area (Å²) in [6, 6.07) is 23.4. The monoisotopic (exact) mass is 650 g/mol. The van der Waals surface area contributed by atoms with Crippen LogP contribution in [-0.2, 0) is 0 Å². The van der Waals surface area contributed by atoms with Crippen molar-refractivity contribution in [2.45, 2.75) is 0 Å². The Balaban J connectivity index is 1.54. The summed E-state index contributed by atoms with van der Waals surface area (Å²) < 4.78 is 0. The molecule has 210 valence electrons. The number of benzene rings is 4. The van der Waals surface area contributed by atoms with Crippen molar-refractivity contribution >= 4 is 90.5 Å². The number of hydrogen-bond acceptors (Lipinski definition) is 6. The summed E-state index contributed by atoms with van der Waals surface area (Å²) >= 11 is 26.7. The average molecular weight is 652 g/mol. The molecule has 2 aliphatic rings. The summed E-state index contributed by atoms with van der Waals surface area (Å²) in [5.74, 6) is 1.92. The van der Waals surface area contributed by atoms with Gasteiger partial charge in [0.05, 0.1) is 30.9 Å². The second-order valence-electron chi connectivity index (χ2n) is 10.3. The summed E-state index contributed by atoms with van der Waals surface area (Å²) in [7, 11) is 0. The van der Waals surface area contributed by atoms with Gasteiger partial charge in [0, 0.05) is 33.0 Å². The van der Waals surface area contributed by atoms with E-state index in [-0.39, 0.29) is 20.1 Å². The molecule has 0 saturated carbocycles. The predicted octanol–water partition coefficient (Wildman–Crippen LogP) is 9.48. The van der Waals surface area contributed by atoms with Crippen molar-refractivity contribution in [1.82, 2.24) is 39.9 Å². The molecule has 0 spiro atoms. The summed E-state index contributed by atoms with van der Waals surface area (Å²) in [6.07, 6.45) is 0. The minimum atomic E-state index is 0.117. The van der Waals surface area contributed by atoms with Crippen molar-refractivity contribution in [3.05, 3.63) is 92.9 Å². The van der Waals surface area contributed by atoms with Crippen LogP contribution < -0.4 is 0 Å². The van der Waals surface area contributed by atoms with Crippen LogP contribution in [0.5, 0.6) is 0 Å². The Kier molecular flexibility index (Phi) is 5.55. The third-order valence-electron chi connectivity index (χ3n) is 7.76. The Morgan fingerprint density at radius 3 is 1.18 bits per heavy atom. The second kappa shape index (κ2) is 9.45. The van der Waals surface area contributed by atoms with Gasteiger partial charge in [-0.2, -0.15) is 0 Å². The Labute approximate surface area is 267 Å². The van der Waals surface area contributed by atoms with Gasteiger partial charge in [0.1, 0.15) is 22.6 Å². The molecular formula is C32H14Cl4N8. The molecule has 2 N–H and O–H groups in total. The number of fused-ring (bicyclic) bond motifs is 20. The van der Waals surface area contributed by atoms with Crippen LogP contribution in [0.15, 0.2) is 72.8 Å². The van der Waals surface area contributed by atoms with Gasteiger partial charge >= 0.3 is 0 Å². The Morgan fingerprint density at radius 1 is 0.364 bits per heavy atom. The van der Waals surface area contributed by atoms with Gasteiger partial charge < -0.3 is 9.97 Å². The van der Waals surface area contributed by atoms with E-state index in [1.807, 2.05) is 72.8 Å². The molecule has 7 aromatic rings. The highest BCUT2D eigenvalue weighted by molar-refractivity contribution is 6.56. The second-order valence-corrected chi connectivity index (χ2v) is 11.8. The minimum absolute atomic E-state index is 0.117. The van der Waals surface area contributed by atoms with Gasteiger partial charge in [0.15, 0.2) is 23.3 Å². The highest BCUT2D eigenvalue weighted by atomic mass is 35.5. The van der Waals surface area contributed by atoms with E-state index in [4.69, 9.17) is 76.3 Å². The van der Waals surface area contributed by atoms with Crippen LogP contribution in [0.2, 0.25) is 20.1 Å². The predicted molar refractivity (Wildman–Crippen MR) is 176 cm³/mol. The highest BCUT2D eigenvalue weighted by Crippen LogP contribution is 2.46. The summed E-state index contributed by atoms with van der Waals surface area (Å²) in [5.41, 5.74) is 5.20. The lowest BCUT2D eigenvalue weighted by molar-refractivity contribution is 1.17. The molecule has 5 heterocycles. The average Bonchev–Trinajstić information content (AvgIpc) is 3.78. The Morgan fingerprint density at radius 2 is 0.705 bits per heavy atom. The van der Waals surface area contributed by atoms with Gasteiger partial charge in [0.25, 0.3) is 0 Å². The van der Waals surface area contributed by atoms with Gasteiger partial charge in [-0.05, 0) is 0 Å². The van der Waals surface area contributed by atoms with Crippen molar-refractivity contribution in [3.8, 4) is 45.6 Å². The fourth-order valence-corrected chi connectivity index (χ4v) is 6.78. The van der Waals surface area contributed by atoms with Crippen LogP contribution in [0.1, 0.15) is 0 Å². The molecule has 3 aromatic heterocycles. The van der Waals surface area contributed by atoms with Crippen LogP contribution in [-0.4, -0.2) is 39.9 Å². The first-order chi connectivity index (χ1) is 21.5. The maximum Gasteiger partial charge on any atom is 0.164 e. The van der Waals surface area contributed by atoms with E-state index in [0.29, 0.717) is 56.7 Å². The van der Waals surface area contributed by atoms with Crippen LogP contribution in [0.3, 0.4) is 0 Å². The number of hydrogen-bond donors (Lipinski definition) is 2. The minimum Gasteiger partial charge on any atom is -0.324 e. The van der Waals surface area contributed by atoms with E-state index in [1.165, 1.54) is 0 Å². The molecule has 2 aliphatic heterocycles. The zero-order valence-electron chi connectivity index (χ0n) is 22.1. The van der Waals surface area contributed by atoms with Crippen LogP contribution in [0, 0.1) is 0 Å². The number of halogens is 4. The third kappa shape index (κ3) is 3.66. The van der Waals surface area contributed by atoms with Gasteiger partial charge in [-0.3, -0.25) is 0 Å². The number of aromatic amines is 2. The van der Waals surface area contributed by atoms with Crippen LogP contribution >= 0.6 is 46.4 Å². The van der Waals surface area contributed by atoms with Crippen molar-refractivity contribution in [3.63, 3.8) is 0 Å². The molecule has 0 atom stereocenters. The smallest absolute Gasteiger partial charge is 0.164 e. The van der Waals surface area contributed by atoms with E-state index in [2.05, 4.69) is 9.97 Å². The maximum atomic E-state index is 6.81. The molecular weight excluding hydrogens is 638 g/mol. The number of aromatic nitrogens is 8. The van der Waals surface area contributed by atoms with Gasteiger partial charge in [-0.1, -0.05) is 119 Å². The first-order valence-electron chi connectivity index (χ1n) is 13.4. The standard InChI is InChI=1S/C32H14Cl4N8/c33-21-19-20(22(34)24(36)23(21)35)32-43-30-18-12-6-4-10-16(18)28(41-30)39-26-14-8-2-1-7-13(14)25(37-26)38-27-15-9-3-5-11-17(15)29(40-27)42-31(19)44-32/h1-12H,(H2,37,38,39,40,41,42,43,44). The Bertz CT molecular complexity index is 2570. The molecule has 8 nitrogen and oxygen atoms in total. The molecule has 0 saturated heterocycles. The SMILES string of the molecule is Clc1c(Cl)c(Cl)c2c3nc4[nH]c(nc5nc(nc6nc(nc([nH]3)c2c1Cl)-c1ccccc1-6)-c1ccccc1-5)c1ccccc41. The lowest BCUT2D eigenvalue weighted by atomic mass is 10.1. The van der Waals surface area contributed by atoms with Crippen molar-refractivity contribution in [2.75, 3.05) is 0 Å². The zero-order chi connectivity index (χ0) is 29.7. The molecule has 0 amide bonds. The van der Waals surface area contributed by atoms with Crippen LogP contribution in [0.25, 0.3) is 89.7 Å². The number of nitrogens with one attached hydrogen (secondary N) is 2. The highest BCUT2D eigenvalue weighted by Gasteiger charge is 2.25. The third-order valence-corrected chi connectivity index (χ3v) is 9.57. The van der Waals surface area contributed by atoms with Gasteiger partial charge in [0.2, 0.25) is 0 Å². The quantitative estimate of drug-likeness (QED) is 0.125. The Hall–Kier alpha value is -4.60. The first kappa shape index (κ1) is 25.9. The van der Waals surface area contributed by atoms with E-state index < -0.39 is 0 Å². The number of nitrogens with zero attached hydrogens (tertiary/aromatic N) is 6. The first-order valence-corrected chi connectivity index (χ1v) is 14.9. The molecule has 9 rings (SSSR count). The van der Waals surface area contributed by atoms with E-state index in [0.717, 1.165) is 33.0 Å². The van der Waals surface area contributed by atoms with Gasteiger partial charge in [-0.25, -0.2) is 29.9 Å². The lowest BCUT2D eigenvalue weighted by Gasteiger charge is -2.04. The van der Waals surface area contributed by atoms with Gasteiger partial charge in [-0.15, -0.1) is 0 Å². The summed E-state index contributed by atoms with van der Waals surface area (Å²) in [4.78, 5) is 36.3. The van der Waals surface area contributed by atoms with Crippen molar-refractivity contribution < 1.29 is 0 Å². The lowest BCUT2D eigenvalue weighted by Crippen LogP contribution is -1.84. The fraction of sp³-hybridized carbons (Fsp3) is 0. The molecule has 0 unspecified atom stereocenters. The molecule has 8 bridgehead atoms. The molecule has 0 aliphatic carbocycles. The molecule has 0 radical (unpaired) electrons. The van der Waals surface area contributed by atoms with E-state index in [9.17, 15) is 0 Å². The molecule has 4 aromatic carbocycles. The summed E-state index contributed by atoms with van der Waals surface area (Å²) in [6.45, 7) is 0. The zero-order valence-corrected chi connectivity index (χ0v) is 25.1. The van der Waals surface area contributed by atoms with E-state index in [1.54, 1.807) is 0 Å². The van der Waals surface area contributed by atoms with Crippen molar-refractivity contribution in [2.24, 2.45) is 0 Å². The van der Waals surface area contributed by atoms with Crippen molar-refractivity contribution in [1.29, 1.82) is 0 Å².